The smallest absolute Gasteiger partial charge is 0.335 e. The highest BCUT2D eigenvalue weighted by molar-refractivity contribution is 9.13. The zero-order valence-corrected chi connectivity index (χ0v) is 26.1. The number of hydrogen-bond acceptors (Lipinski definition) is 3. The van der Waals surface area contributed by atoms with Gasteiger partial charge in [0.2, 0.25) is 0 Å². The van der Waals surface area contributed by atoms with Gasteiger partial charge in [-0.05, 0) is 79.7 Å². The van der Waals surface area contributed by atoms with Crippen LogP contribution in [0, 0.1) is 10.8 Å². The van der Waals surface area contributed by atoms with Crippen molar-refractivity contribution in [1.29, 1.82) is 0 Å². The topological polar surface area (TPSA) is 86.3 Å². The summed E-state index contributed by atoms with van der Waals surface area (Å²) in [6.45, 7) is 7.81. The summed E-state index contributed by atoms with van der Waals surface area (Å²) < 4.78 is 1.85. The van der Waals surface area contributed by atoms with Crippen molar-refractivity contribution in [1.82, 2.24) is 14.9 Å². The van der Waals surface area contributed by atoms with Gasteiger partial charge in [0.05, 0.1) is 22.2 Å². The molecule has 3 aromatic carbocycles. The second-order valence-corrected chi connectivity index (χ2v) is 13.3. The molecular formula is C33H29Br2N3O3. The Morgan fingerprint density at radius 3 is 2.41 bits per heavy atom. The normalized spacial score (nSPS) is 19.9. The van der Waals surface area contributed by atoms with Crippen LogP contribution in [0.15, 0.2) is 87.3 Å². The molecule has 41 heavy (non-hydrogen) atoms. The molecule has 0 spiro atoms. The minimum atomic E-state index is -0.927. The molecule has 1 aliphatic carbocycles. The number of amides is 1. The Bertz CT molecular complexity index is 1750. The van der Waals surface area contributed by atoms with Crippen LogP contribution in [-0.2, 0) is 0 Å². The number of fused-ring (bicyclic) bond motifs is 2. The molecule has 0 radical (unpaired) electrons. The largest absolute Gasteiger partial charge is 0.478 e. The summed E-state index contributed by atoms with van der Waals surface area (Å²) in [7, 11) is 0. The molecule has 0 saturated heterocycles. The molecule has 0 saturated carbocycles. The Kier molecular flexibility index (Phi) is 6.82. The van der Waals surface area contributed by atoms with Gasteiger partial charge in [-0.1, -0.05) is 68.8 Å². The molecule has 2 heterocycles. The average molecular weight is 675 g/mol. The molecule has 6 nitrogen and oxygen atoms in total. The number of carbonyl (C=O) groups excluding carboxylic acids is 1. The first kappa shape index (κ1) is 27.7. The summed E-state index contributed by atoms with van der Waals surface area (Å²) in [5, 5.41) is 9.30. The van der Waals surface area contributed by atoms with Crippen molar-refractivity contribution in [2.24, 2.45) is 10.8 Å². The minimum absolute atomic E-state index is 0.0169. The van der Waals surface area contributed by atoms with Crippen LogP contribution in [0.25, 0.3) is 28.0 Å². The molecule has 1 atom stereocenters. The van der Waals surface area contributed by atoms with Gasteiger partial charge in [-0.15, -0.1) is 0 Å². The molecule has 2 N–H and O–H groups in total. The SMILES string of the molecule is CC1(C)C(c2ccc(C(=O)O)cc2)=CC[C@]2(C)CN(C(=O)c3ccccc3-c3nc4cc(Br)c(Br)cc4[nH]3)CC=C12. The fourth-order valence-electron chi connectivity index (χ4n) is 6.54. The number of halogens is 2. The lowest BCUT2D eigenvalue weighted by molar-refractivity contribution is 0.0679. The summed E-state index contributed by atoms with van der Waals surface area (Å²) in [5.74, 6) is -0.283. The number of nitrogens with zero attached hydrogens (tertiary/aromatic N) is 2. The number of hydrogen-bond donors (Lipinski definition) is 2. The maximum atomic E-state index is 14.0. The van der Waals surface area contributed by atoms with Crippen molar-refractivity contribution >= 4 is 60.3 Å². The first-order valence-electron chi connectivity index (χ1n) is 13.5. The number of carboxylic acids is 1. The van der Waals surface area contributed by atoms with E-state index in [0.29, 0.717) is 24.5 Å². The fraction of sp³-hybridized carbons (Fsp3) is 0.242. The van der Waals surface area contributed by atoms with Crippen molar-refractivity contribution < 1.29 is 14.7 Å². The predicted octanol–water partition coefficient (Wildman–Crippen LogP) is 8.36. The lowest BCUT2D eigenvalue weighted by Gasteiger charge is -2.50. The number of aromatic nitrogens is 2. The fourth-order valence-corrected chi connectivity index (χ4v) is 7.21. The number of imidazole rings is 1. The molecular weight excluding hydrogens is 646 g/mol. The second-order valence-electron chi connectivity index (χ2n) is 11.6. The lowest BCUT2D eigenvalue weighted by Crippen LogP contribution is -2.48. The number of benzene rings is 3. The average Bonchev–Trinajstić information content (AvgIpc) is 3.34. The van der Waals surface area contributed by atoms with Gasteiger partial charge in [-0.25, -0.2) is 9.78 Å². The Hall–Kier alpha value is -3.49. The maximum absolute atomic E-state index is 14.0. The summed E-state index contributed by atoms with van der Waals surface area (Å²) in [6, 6.07) is 18.7. The van der Waals surface area contributed by atoms with E-state index in [1.165, 1.54) is 11.1 Å². The van der Waals surface area contributed by atoms with Crippen molar-refractivity contribution in [2.45, 2.75) is 27.2 Å². The molecule has 0 bridgehead atoms. The maximum Gasteiger partial charge on any atom is 0.335 e. The van der Waals surface area contributed by atoms with E-state index in [1.807, 2.05) is 53.4 Å². The third-order valence-electron chi connectivity index (χ3n) is 8.48. The Labute approximate surface area is 255 Å². The predicted molar refractivity (Wildman–Crippen MR) is 169 cm³/mol. The van der Waals surface area contributed by atoms with E-state index < -0.39 is 5.97 Å². The highest BCUT2D eigenvalue weighted by atomic mass is 79.9. The third kappa shape index (κ3) is 4.77. The molecule has 0 fully saturated rings. The highest BCUT2D eigenvalue weighted by Gasteiger charge is 2.46. The molecule has 6 rings (SSSR count). The van der Waals surface area contributed by atoms with Crippen LogP contribution >= 0.6 is 31.9 Å². The van der Waals surface area contributed by atoms with E-state index in [4.69, 9.17) is 4.98 Å². The van der Waals surface area contributed by atoms with Gasteiger partial charge in [0.15, 0.2) is 0 Å². The zero-order chi connectivity index (χ0) is 29.1. The van der Waals surface area contributed by atoms with Crippen LogP contribution in [0.1, 0.15) is 53.5 Å². The zero-order valence-electron chi connectivity index (χ0n) is 23.0. The van der Waals surface area contributed by atoms with Crippen LogP contribution in [-0.4, -0.2) is 44.9 Å². The number of carbonyl (C=O) groups is 2. The van der Waals surface area contributed by atoms with Crippen LogP contribution in [0.5, 0.6) is 0 Å². The van der Waals surface area contributed by atoms with E-state index in [-0.39, 0.29) is 22.3 Å². The minimum Gasteiger partial charge on any atom is -0.478 e. The number of carboxylic acid groups (broad SMARTS) is 1. The number of nitrogens with one attached hydrogen (secondary N) is 1. The number of aromatic amines is 1. The van der Waals surface area contributed by atoms with E-state index in [9.17, 15) is 14.7 Å². The summed E-state index contributed by atoms with van der Waals surface area (Å²) in [4.78, 5) is 35.5. The molecule has 2 aliphatic rings. The van der Waals surface area contributed by atoms with E-state index >= 15 is 0 Å². The van der Waals surface area contributed by atoms with Gasteiger partial charge in [0.1, 0.15) is 5.82 Å². The monoisotopic (exact) mass is 673 g/mol. The molecule has 8 heteroatoms. The van der Waals surface area contributed by atoms with Crippen LogP contribution in [0.4, 0.5) is 0 Å². The summed E-state index contributed by atoms with van der Waals surface area (Å²) in [6.07, 6.45) is 5.27. The van der Waals surface area contributed by atoms with Crippen molar-refractivity contribution in [3.63, 3.8) is 0 Å². The van der Waals surface area contributed by atoms with Gasteiger partial charge < -0.3 is 15.0 Å². The Morgan fingerprint density at radius 2 is 1.68 bits per heavy atom. The Morgan fingerprint density at radius 1 is 0.976 bits per heavy atom. The van der Waals surface area contributed by atoms with Gasteiger partial charge in [-0.2, -0.15) is 0 Å². The van der Waals surface area contributed by atoms with Gasteiger partial charge in [0, 0.05) is 38.4 Å². The number of H-pyrrole nitrogens is 1. The van der Waals surface area contributed by atoms with Crippen molar-refractivity contribution in [2.75, 3.05) is 13.1 Å². The van der Waals surface area contributed by atoms with E-state index in [1.54, 1.807) is 12.1 Å². The molecule has 1 amide bonds. The van der Waals surface area contributed by atoms with Crippen LogP contribution < -0.4 is 0 Å². The summed E-state index contributed by atoms with van der Waals surface area (Å²) in [5.41, 5.74) is 6.44. The van der Waals surface area contributed by atoms with Crippen LogP contribution in [0.3, 0.4) is 0 Å². The number of rotatable bonds is 4. The van der Waals surface area contributed by atoms with E-state index in [2.05, 4.69) is 69.8 Å². The first-order valence-corrected chi connectivity index (χ1v) is 15.1. The first-order chi connectivity index (χ1) is 19.5. The quantitative estimate of drug-likeness (QED) is 0.213. The van der Waals surface area contributed by atoms with Gasteiger partial charge in [-0.3, -0.25) is 4.79 Å². The lowest BCUT2D eigenvalue weighted by atomic mass is 9.58. The molecule has 1 aliphatic heterocycles. The molecule has 208 valence electrons. The molecule has 1 aromatic heterocycles. The van der Waals surface area contributed by atoms with Crippen LogP contribution in [0.2, 0.25) is 0 Å². The van der Waals surface area contributed by atoms with Crippen molar-refractivity contribution in [3.8, 4) is 11.4 Å². The van der Waals surface area contributed by atoms with E-state index in [0.717, 1.165) is 37.5 Å². The summed E-state index contributed by atoms with van der Waals surface area (Å²) >= 11 is 7.10. The Balaban J connectivity index is 1.30. The highest BCUT2D eigenvalue weighted by Crippen LogP contribution is 2.55. The van der Waals surface area contributed by atoms with Crippen molar-refractivity contribution in [3.05, 3.63) is 104 Å². The third-order valence-corrected chi connectivity index (χ3v) is 10.3. The standard InChI is InChI=1S/C33H29Br2N3O3/c1-32(2)23(19-8-10-20(11-9-19)31(40)41)12-14-33(3)18-38(15-13-28(32)33)30(39)22-7-5-4-6-21(22)29-36-26-16-24(34)25(35)17-27(26)37-29/h4-13,16-17H,14-15,18H2,1-3H3,(H,36,37)(H,40,41)/t33-/m1/s1. The molecule has 4 aromatic rings. The van der Waals surface area contributed by atoms with Gasteiger partial charge >= 0.3 is 5.97 Å². The van der Waals surface area contributed by atoms with Gasteiger partial charge in [0.25, 0.3) is 5.91 Å². The number of allylic oxidation sites excluding steroid dienone is 2. The molecule has 0 unspecified atom stereocenters. The number of aromatic carboxylic acids is 1. The second kappa shape index (κ2) is 10.1.